The lowest BCUT2D eigenvalue weighted by Crippen LogP contribution is -2.17. The van der Waals surface area contributed by atoms with Crippen LogP contribution >= 0.6 is 0 Å². The van der Waals surface area contributed by atoms with Crippen LogP contribution in [0.25, 0.3) is 0 Å². The first-order valence-electron chi connectivity index (χ1n) is 1.92. The third kappa shape index (κ3) is 6.85. The van der Waals surface area contributed by atoms with Gasteiger partial charge in [0.25, 0.3) is 0 Å². The third-order valence-corrected chi connectivity index (χ3v) is 0.679. The maximum absolute atomic E-state index is 9.75. The standard InChI is InChI=1S/C2H4N2O5S/c5-2(6)1-3-4-10(7,8)9/h1,4H,(H,5,6)(H,7,8,9)/b3-1+. The summed E-state index contributed by atoms with van der Waals surface area (Å²) in [6.45, 7) is 0. The highest BCUT2D eigenvalue weighted by atomic mass is 32.2. The predicted octanol–water partition coefficient (Wildman–Crippen LogP) is -1.55. The van der Waals surface area contributed by atoms with Gasteiger partial charge in [-0.3, -0.25) is 4.55 Å². The van der Waals surface area contributed by atoms with E-state index in [2.05, 4.69) is 5.10 Å². The van der Waals surface area contributed by atoms with Crippen molar-refractivity contribution in [2.45, 2.75) is 0 Å². The number of carboxylic acid groups (broad SMARTS) is 1. The molecule has 3 N–H and O–H groups in total. The van der Waals surface area contributed by atoms with Crippen LogP contribution in [0.5, 0.6) is 0 Å². The molecule has 0 rings (SSSR count). The number of nitrogens with one attached hydrogen (secondary N) is 1. The van der Waals surface area contributed by atoms with Crippen LogP contribution in [0.15, 0.2) is 5.10 Å². The summed E-state index contributed by atoms with van der Waals surface area (Å²) in [5.41, 5.74) is 0. The average molecular weight is 168 g/mol. The van der Waals surface area contributed by atoms with Crippen LogP contribution in [0, 0.1) is 0 Å². The van der Waals surface area contributed by atoms with Crippen molar-refractivity contribution in [2.75, 3.05) is 0 Å². The fourth-order valence-corrected chi connectivity index (χ4v) is 0.334. The summed E-state index contributed by atoms with van der Waals surface area (Å²) in [6, 6.07) is 0. The van der Waals surface area contributed by atoms with Gasteiger partial charge >= 0.3 is 16.3 Å². The van der Waals surface area contributed by atoms with Gasteiger partial charge in [0.05, 0.1) is 0 Å². The van der Waals surface area contributed by atoms with E-state index in [1.165, 1.54) is 4.83 Å². The third-order valence-electron chi connectivity index (χ3n) is 0.343. The van der Waals surface area contributed by atoms with Crippen LogP contribution < -0.4 is 4.83 Å². The van der Waals surface area contributed by atoms with Crippen LogP contribution in [0.1, 0.15) is 0 Å². The molecule has 0 amide bonds. The number of aliphatic carboxylic acids is 1. The molecule has 0 aliphatic carbocycles. The van der Waals surface area contributed by atoms with E-state index in [1.54, 1.807) is 0 Å². The van der Waals surface area contributed by atoms with Gasteiger partial charge in [0.2, 0.25) is 0 Å². The lowest BCUT2D eigenvalue weighted by atomic mass is 10.8. The number of hydrogen-bond donors (Lipinski definition) is 3. The van der Waals surface area contributed by atoms with Crippen molar-refractivity contribution in [3.8, 4) is 0 Å². The van der Waals surface area contributed by atoms with E-state index < -0.39 is 16.3 Å². The van der Waals surface area contributed by atoms with Crippen LogP contribution in [-0.4, -0.2) is 30.3 Å². The van der Waals surface area contributed by atoms with Crippen LogP contribution in [0.2, 0.25) is 0 Å². The van der Waals surface area contributed by atoms with Gasteiger partial charge in [0, 0.05) is 0 Å². The molecule has 0 atom stereocenters. The summed E-state index contributed by atoms with van der Waals surface area (Å²) in [5.74, 6) is -1.42. The molecule has 0 bridgehead atoms. The molecule has 0 spiro atoms. The number of hydrazone groups is 1. The molecule has 0 aromatic heterocycles. The highest BCUT2D eigenvalue weighted by Crippen LogP contribution is 1.69. The minimum Gasteiger partial charge on any atom is -0.477 e. The van der Waals surface area contributed by atoms with E-state index in [1.807, 2.05) is 0 Å². The molecule has 0 aromatic carbocycles. The smallest absolute Gasteiger partial charge is 0.372 e. The summed E-state index contributed by atoms with van der Waals surface area (Å²) in [5, 5.41) is 10.5. The molecule has 7 nitrogen and oxygen atoms in total. The fraction of sp³-hybridized carbons (Fsp3) is 0. The Balaban J connectivity index is 3.88. The second-order valence-corrected chi connectivity index (χ2v) is 2.30. The molecular weight excluding hydrogens is 164 g/mol. The van der Waals surface area contributed by atoms with E-state index >= 15 is 0 Å². The van der Waals surface area contributed by atoms with Gasteiger partial charge in [-0.2, -0.15) is 18.4 Å². The first-order valence-corrected chi connectivity index (χ1v) is 3.36. The first-order chi connectivity index (χ1) is 4.42. The van der Waals surface area contributed by atoms with Gasteiger partial charge < -0.3 is 5.11 Å². The minimum atomic E-state index is -4.43. The molecule has 0 aliphatic rings. The molecule has 10 heavy (non-hydrogen) atoms. The molecular formula is C2H4N2O5S. The highest BCUT2D eigenvalue weighted by molar-refractivity contribution is 7.83. The van der Waals surface area contributed by atoms with Crippen LogP contribution in [-0.2, 0) is 15.1 Å². The lowest BCUT2D eigenvalue weighted by Gasteiger charge is -1.89. The van der Waals surface area contributed by atoms with Crippen molar-refractivity contribution in [1.82, 2.24) is 4.83 Å². The Morgan fingerprint density at radius 3 is 2.40 bits per heavy atom. The Labute approximate surface area is 56.2 Å². The lowest BCUT2D eigenvalue weighted by molar-refractivity contribution is -0.128. The summed E-state index contributed by atoms with van der Waals surface area (Å²) in [7, 11) is -4.43. The summed E-state index contributed by atoms with van der Waals surface area (Å²) < 4.78 is 27.4. The van der Waals surface area contributed by atoms with Gasteiger partial charge in [-0.1, -0.05) is 0 Å². The van der Waals surface area contributed by atoms with Crippen molar-refractivity contribution in [3.05, 3.63) is 0 Å². The topological polar surface area (TPSA) is 116 Å². The van der Waals surface area contributed by atoms with E-state index in [4.69, 9.17) is 9.66 Å². The molecule has 58 valence electrons. The second-order valence-electron chi connectivity index (χ2n) is 1.16. The van der Waals surface area contributed by atoms with E-state index in [9.17, 15) is 13.2 Å². The first kappa shape index (κ1) is 8.85. The van der Waals surface area contributed by atoms with Crippen molar-refractivity contribution >= 4 is 22.5 Å². The zero-order chi connectivity index (χ0) is 8.20. The molecule has 0 radical (unpaired) electrons. The van der Waals surface area contributed by atoms with E-state index in [-0.39, 0.29) is 6.21 Å². The van der Waals surface area contributed by atoms with E-state index in [0.29, 0.717) is 0 Å². The molecule has 0 saturated carbocycles. The molecule has 0 fully saturated rings. The van der Waals surface area contributed by atoms with Crippen LogP contribution in [0.4, 0.5) is 0 Å². The van der Waals surface area contributed by atoms with Crippen molar-refractivity contribution in [1.29, 1.82) is 0 Å². The number of carbonyl (C=O) groups is 1. The second kappa shape index (κ2) is 3.13. The molecule has 0 heterocycles. The summed E-state index contributed by atoms with van der Waals surface area (Å²) >= 11 is 0. The Morgan fingerprint density at radius 1 is 1.60 bits per heavy atom. The van der Waals surface area contributed by atoms with E-state index in [0.717, 1.165) is 0 Å². The van der Waals surface area contributed by atoms with Gasteiger partial charge in [-0.25, -0.2) is 4.79 Å². The van der Waals surface area contributed by atoms with Crippen molar-refractivity contribution < 1.29 is 22.9 Å². The Kier molecular flexibility index (Phi) is 2.77. The Hall–Kier alpha value is -1.15. The van der Waals surface area contributed by atoms with Crippen LogP contribution in [0.3, 0.4) is 0 Å². The van der Waals surface area contributed by atoms with Gasteiger partial charge in [0.15, 0.2) is 0 Å². The highest BCUT2D eigenvalue weighted by Gasteiger charge is 1.97. The normalized spacial score (nSPS) is 11.7. The van der Waals surface area contributed by atoms with Crippen molar-refractivity contribution in [3.63, 3.8) is 0 Å². The monoisotopic (exact) mass is 168 g/mol. The number of hydrogen-bond acceptors (Lipinski definition) is 4. The largest absolute Gasteiger partial charge is 0.477 e. The zero-order valence-electron chi connectivity index (χ0n) is 4.55. The van der Waals surface area contributed by atoms with Crippen molar-refractivity contribution in [2.24, 2.45) is 5.10 Å². The maximum Gasteiger partial charge on any atom is 0.372 e. The Bertz CT molecular complexity index is 240. The predicted molar refractivity (Wildman–Crippen MR) is 30.8 cm³/mol. The number of nitrogens with zero attached hydrogens (tertiary/aromatic N) is 1. The van der Waals surface area contributed by atoms with Gasteiger partial charge in [-0.15, -0.1) is 0 Å². The summed E-state index contributed by atoms with van der Waals surface area (Å²) in [4.78, 5) is 10.8. The molecule has 0 saturated heterocycles. The average Bonchev–Trinajstić information content (AvgIpc) is 1.59. The Morgan fingerprint density at radius 2 is 2.10 bits per heavy atom. The summed E-state index contributed by atoms with van der Waals surface area (Å²) in [6.07, 6.45) is 0.285. The maximum atomic E-state index is 9.75. The zero-order valence-corrected chi connectivity index (χ0v) is 5.37. The molecule has 0 aliphatic heterocycles. The SMILES string of the molecule is O=C(O)/C=N/NS(=O)(=O)O. The number of rotatable bonds is 3. The van der Waals surface area contributed by atoms with Gasteiger partial charge in [0.1, 0.15) is 6.21 Å². The molecule has 8 heteroatoms. The fourth-order valence-electron chi connectivity index (χ4n) is 0.148. The molecule has 0 unspecified atom stereocenters. The number of carboxylic acids is 1. The molecule has 0 aromatic rings. The quantitative estimate of drug-likeness (QED) is 0.268. The van der Waals surface area contributed by atoms with Gasteiger partial charge in [-0.05, 0) is 0 Å². The minimum absolute atomic E-state index is 0.285.